The van der Waals surface area contributed by atoms with Gasteiger partial charge >= 0.3 is 5.97 Å². The van der Waals surface area contributed by atoms with E-state index >= 15 is 0 Å². The third-order valence-electron chi connectivity index (χ3n) is 3.46. The fourth-order valence-corrected chi connectivity index (χ4v) is 2.19. The quantitative estimate of drug-likeness (QED) is 0.695. The van der Waals surface area contributed by atoms with Crippen LogP contribution in [0.3, 0.4) is 0 Å². The van der Waals surface area contributed by atoms with Crippen LogP contribution in [0.15, 0.2) is 42.7 Å². The summed E-state index contributed by atoms with van der Waals surface area (Å²) >= 11 is 0. The molecule has 6 heteroatoms. The van der Waals surface area contributed by atoms with Crippen molar-refractivity contribution in [1.29, 1.82) is 0 Å². The van der Waals surface area contributed by atoms with Gasteiger partial charge in [0, 0.05) is 31.8 Å². The van der Waals surface area contributed by atoms with Gasteiger partial charge in [-0.15, -0.1) is 0 Å². The Morgan fingerprint density at radius 2 is 1.78 bits per heavy atom. The van der Waals surface area contributed by atoms with Crippen molar-refractivity contribution < 1.29 is 14.7 Å². The minimum Gasteiger partial charge on any atom is -0.481 e. The van der Waals surface area contributed by atoms with Crippen LogP contribution < -0.4 is 5.32 Å². The van der Waals surface area contributed by atoms with E-state index in [1.54, 1.807) is 6.20 Å². The lowest BCUT2D eigenvalue weighted by Crippen LogP contribution is -2.22. The molecule has 0 atom stereocenters. The van der Waals surface area contributed by atoms with Crippen molar-refractivity contribution in [3.05, 3.63) is 53.9 Å². The SMILES string of the molecule is O=C(O)CCCCC(=O)NCc1ccc(Cn2cccn2)cc1. The van der Waals surface area contributed by atoms with Crippen LogP contribution in [-0.2, 0) is 22.7 Å². The van der Waals surface area contributed by atoms with E-state index in [0.717, 1.165) is 17.7 Å². The molecule has 1 aromatic carbocycles. The van der Waals surface area contributed by atoms with Crippen molar-refractivity contribution in [2.45, 2.75) is 38.8 Å². The van der Waals surface area contributed by atoms with Crippen LogP contribution in [-0.4, -0.2) is 26.8 Å². The summed E-state index contributed by atoms with van der Waals surface area (Å²) in [6, 6.07) is 9.92. The van der Waals surface area contributed by atoms with Crippen molar-refractivity contribution in [1.82, 2.24) is 15.1 Å². The minimum absolute atomic E-state index is 0.0454. The van der Waals surface area contributed by atoms with Gasteiger partial charge in [-0.2, -0.15) is 5.10 Å². The highest BCUT2D eigenvalue weighted by molar-refractivity contribution is 5.75. The summed E-state index contributed by atoms with van der Waals surface area (Å²) < 4.78 is 1.86. The second-order valence-electron chi connectivity index (χ2n) is 5.40. The number of unbranched alkanes of at least 4 members (excludes halogenated alkanes) is 1. The zero-order chi connectivity index (χ0) is 16.5. The molecule has 0 aliphatic heterocycles. The molecule has 0 fully saturated rings. The number of benzene rings is 1. The number of carbonyl (C=O) groups is 2. The Morgan fingerprint density at radius 1 is 1.09 bits per heavy atom. The predicted molar refractivity (Wildman–Crippen MR) is 85.7 cm³/mol. The van der Waals surface area contributed by atoms with Gasteiger partial charge in [0.05, 0.1) is 6.54 Å². The number of hydrogen-bond acceptors (Lipinski definition) is 3. The number of carboxylic acid groups (broad SMARTS) is 1. The lowest BCUT2D eigenvalue weighted by molar-refractivity contribution is -0.137. The van der Waals surface area contributed by atoms with Crippen molar-refractivity contribution in [3.8, 4) is 0 Å². The predicted octanol–water partition coefficient (Wildman–Crippen LogP) is 2.19. The zero-order valence-electron chi connectivity index (χ0n) is 12.9. The van der Waals surface area contributed by atoms with Gasteiger partial charge in [0.1, 0.15) is 0 Å². The molecule has 122 valence electrons. The Balaban J connectivity index is 1.69. The number of aromatic nitrogens is 2. The van der Waals surface area contributed by atoms with Crippen LogP contribution >= 0.6 is 0 Å². The summed E-state index contributed by atoms with van der Waals surface area (Å²) in [6.45, 7) is 1.21. The maximum Gasteiger partial charge on any atom is 0.303 e. The zero-order valence-corrected chi connectivity index (χ0v) is 12.9. The number of nitrogens with zero attached hydrogens (tertiary/aromatic N) is 2. The van der Waals surface area contributed by atoms with Gasteiger partial charge in [-0.3, -0.25) is 14.3 Å². The van der Waals surface area contributed by atoms with Crippen molar-refractivity contribution in [3.63, 3.8) is 0 Å². The minimum atomic E-state index is -0.819. The number of rotatable bonds is 9. The Hall–Kier alpha value is -2.63. The molecule has 0 radical (unpaired) electrons. The number of nitrogens with one attached hydrogen (secondary N) is 1. The van der Waals surface area contributed by atoms with E-state index in [2.05, 4.69) is 10.4 Å². The number of hydrogen-bond donors (Lipinski definition) is 2. The molecule has 0 aliphatic carbocycles. The summed E-state index contributed by atoms with van der Waals surface area (Å²) in [4.78, 5) is 22.0. The molecule has 0 bridgehead atoms. The molecule has 1 amide bonds. The van der Waals surface area contributed by atoms with Gasteiger partial charge < -0.3 is 10.4 Å². The maximum atomic E-state index is 11.7. The lowest BCUT2D eigenvalue weighted by Gasteiger charge is -2.07. The highest BCUT2D eigenvalue weighted by Crippen LogP contribution is 2.06. The highest BCUT2D eigenvalue weighted by atomic mass is 16.4. The molecule has 0 aliphatic rings. The largest absolute Gasteiger partial charge is 0.481 e. The monoisotopic (exact) mass is 315 g/mol. The standard InChI is InChI=1S/C17H21N3O3/c21-16(4-1-2-5-17(22)23)18-12-14-6-8-15(9-7-14)13-20-11-3-10-19-20/h3,6-11H,1-2,4-5,12-13H2,(H,18,21)(H,22,23). The molecule has 6 nitrogen and oxygen atoms in total. The van der Waals surface area contributed by atoms with Gasteiger partial charge in [0.15, 0.2) is 0 Å². The van der Waals surface area contributed by atoms with Crippen molar-refractivity contribution in [2.24, 2.45) is 0 Å². The fourth-order valence-electron chi connectivity index (χ4n) is 2.19. The van der Waals surface area contributed by atoms with E-state index in [4.69, 9.17) is 5.11 Å². The summed E-state index contributed by atoms with van der Waals surface area (Å²) in [6.07, 6.45) is 5.28. The molecule has 0 saturated heterocycles. The number of carbonyl (C=O) groups excluding carboxylic acids is 1. The van der Waals surface area contributed by atoms with Crippen LogP contribution in [0.5, 0.6) is 0 Å². The van der Waals surface area contributed by atoms with Gasteiger partial charge in [-0.25, -0.2) is 0 Å². The van der Waals surface area contributed by atoms with Crippen molar-refractivity contribution in [2.75, 3.05) is 0 Å². The Bertz CT molecular complexity index is 621. The third-order valence-corrected chi connectivity index (χ3v) is 3.46. The fraction of sp³-hybridized carbons (Fsp3) is 0.353. The average Bonchev–Trinajstić information content (AvgIpc) is 3.04. The first-order valence-electron chi connectivity index (χ1n) is 7.67. The first-order chi connectivity index (χ1) is 11.1. The average molecular weight is 315 g/mol. The summed E-state index contributed by atoms with van der Waals surface area (Å²) in [5.41, 5.74) is 2.19. The molecule has 0 unspecified atom stereocenters. The van der Waals surface area contributed by atoms with Gasteiger partial charge in [-0.05, 0) is 30.0 Å². The first kappa shape index (κ1) is 16.7. The van der Waals surface area contributed by atoms with Crippen LogP contribution in [0.1, 0.15) is 36.8 Å². The molecule has 23 heavy (non-hydrogen) atoms. The number of amides is 1. The number of carboxylic acids is 1. The second kappa shape index (κ2) is 8.73. The molecule has 2 aromatic rings. The number of aliphatic carboxylic acids is 1. The lowest BCUT2D eigenvalue weighted by atomic mass is 10.1. The molecular formula is C17H21N3O3. The van der Waals surface area contributed by atoms with Crippen LogP contribution in [0, 0.1) is 0 Å². The molecule has 0 saturated carbocycles. The molecular weight excluding hydrogens is 294 g/mol. The van der Waals surface area contributed by atoms with Gasteiger partial charge in [0.25, 0.3) is 0 Å². The summed E-state index contributed by atoms with van der Waals surface area (Å²) in [5.74, 6) is -0.864. The van der Waals surface area contributed by atoms with Gasteiger partial charge in [-0.1, -0.05) is 24.3 Å². The molecule has 2 N–H and O–H groups in total. The normalized spacial score (nSPS) is 10.4. The third kappa shape index (κ3) is 6.34. The van der Waals surface area contributed by atoms with Crippen LogP contribution in [0.25, 0.3) is 0 Å². The molecule has 2 rings (SSSR count). The topological polar surface area (TPSA) is 84.2 Å². The van der Waals surface area contributed by atoms with E-state index in [1.807, 2.05) is 41.2 Å². The van der Waals surface area contributed by atoms with Gasteiger partial charge in [0.2, 0.25) is 5.91 Å². The second-order valence-corrected chi connectivity index (χ2v) is 5.40. The van der Waals surface area contributed by atoms with E-state index in [0.29, 0.717) is 25.8 Å². The Morgan fingerprint density at radius 3 is 2.43 bits per heavy atom. The molecule has 1 aromatic heterocycles. The summed E-state index contributed by atoms with van der Waals surface area (Å²) in [5, 5.41) is 15.5. The Labute approximate surface area is 135 Å². The highest BCUT2D eigenvalue weighted by Gasteiger charge is 2.03. The van der Waals surface area contributed by atoms with E-state index in [-0.39, 0.29) is 12.3 Å². The van der Waals surface area contributed by atoms with Crippen LogP contribution in [0.4, 0.5) is 0 Å². The maximum absolute atomic E-state index is 11.7. The van der Waals surface area contributed by atoms with Crippen molar-refractivity contribution >= 4 is 11.9 Å². The van der Waals surface area contributed by atoms with Crippen LogP contribution in [0.2, 0.25) is 0 Å². The first-order valence-corrected chi connectivity index (χ1v) is 7.67. The summed E-state index contributed by atoms with van der Waals surface area (Å²) in [7, 11) is 0. The van der Waals surface area contributed by atoms with E-state index < -0.39 is 5.97 Å². The van der Waals surface area contributed by atoms with E-state index in [9.17, 15) is 9.59 Å². The smallest absolute Gasteiger partial charge is 0.303 e. The molecule has 1 heterocycles. The van der Waals surface area contributed by atoms with E-state index in [1.165, 1.54) is 0 Å². The Kier molecular flexibility index (Phi) is 6.35. The molecule has 0 spiro atoms.